The molecular weight excluding hydrogens is 422 g/mol. The molecule has 1 aliphatic rings. The Labute approximate surface area is 173 Å². The number of nitrogens with one attached hydrogen (secondary N) is 2. The van der Waals surface area contributed by atoms with Crippen LogP contribution in [0.25, 0.3) is 0 Å². The highest BCUT2D eigenvalue weighted by atomic mass is 79.9. The van der Waals surface area contributed by atoms with Crippen LogP contribution >= 0.6 is 15.9 Å². The van der Waals surface area contributed by atoms with Gasteiger partial charge in [0.1, 0.15) is 0 Å². The predicted molar refractivity (Wildman–Crippen MR) is 111 cm³/mol. The lowest BCUT2D eigenvalue weighted by Crippen LogP contribution is -2.52. The lowest BCUT2D eigenvalue weighted by Gasteiger charge is -2.36. The number of halogens is 1. The largest absolute Gasteiger partial charge is 0.371 e. The first-order valence-electron chi connectivity index (χ1n) is 9.26. The number of hydrogen-bond acceptors (Lipinski definition) is 4. The zero-order chi connectivity index (χ0) is 19.9. The van der Waals surface area contributed by atoms with Crippen LogP contribution in [0.4, 0.5) is 4.79 Å². The van der Waals surface area contributed by atoms with Crippen LogP contribution in [0.2, 0.25) is 0 Å². The molecule has 1 aliphatic heterocycles. The first-order chi connectivity index (χ1) is 13.5. The normalized spacial score (nSPS) is 18.3. The summed E-state index contributed by atoms with van der Waals surface area (Å²) < 4.78 is 6.88. The number of morpholine rings is 1. The number of carbonyl (C=O) groups is 2. The van der Waals surface area contributed by atoms with Gasteiger partial charge < -0.3 is 10.1 Å². The number of benzene rings is 2. The Morgan fingerprint density at radius 3 is 2.61 bits per heavy atom. The lowest BCUT2D eigenvalue weighted by molar-refractivity contribution is -0.128. The third-order valence-electron chi connectivity index (χ3n) is 4.80. The van der Waals surface area contributed by atoms with Crippen molar-refractivity contribution in [3.8, 4) is 0 Å². The van der Waals surface area contributed by atoms with Crippen molar-refractivity contribution in [3.63, 3.8) is 0 Å². The van der Waals surface area contributed by atoms with Crippen molar-refractivity contribution in [2.24, 2.45) is 0 Å². The minimum atomic E-state index is -0.488. The van der Waals surface area contributed by atoms with E-state index in [0.29, 0.717) is 26.2 Å². The maximum absolute atomic E-state index is 12.5. The smallest absolute Gasteiger partial charge is 0.321 e. The molecule has 0 aromatic heterocycles. The van der Waals surface area contributed by atoms with Gasteiger partial charge in [0.05, 0.1) is 18.8 Å². The fourth-order valence-electron chi connectivity index (χ4n) is 3.10. The third kappa shape index (κ3) is 5.64. The average Bonchev–Trinajstić information content (AvgIpc) is 2.73. The van der Waals surface area contributed by atoms with Gasteiger partial charge in [-0.25, -0.2) is 4.79 Å². The Kier molecular flexibility index (Phi) is 7.19. The monoisotopic (exact) mass is 445 g/mol. The molecule has 1 saturated heterocycles. The predicted octanol–water partition coefficient (Wildman–Crippen LogP) is 3.24. The molecular formula is C21H24BrN3O3. The van der Waals surface area contributed by atoms with E-state index in [2.05, 4.69) is 26.6 Å². The third-order valence-corrected chi connectivity index (χ3v) is 5.33. The Morgan fingerprint density at radius 2 is 1.89 bits per heavy atom. The van der Waals surface area contributed by atoms with Crippen LogP contribution in [0.5, 0.6) is 0 Å². The molecule has 1 heterocycles. The summed E-state index contributed by atoms with van der Waals surface area (Å²) in [6.45, 7) is 3.97. The van der Waals surface area contributed by atoms with Gasteiger partial charge in [0.25, 0.3) is 0 Å². The molecule has 3 rings (SSSR count). The van der Waals surface area contributed by atoms with E-state index in [-0.39, 0.29) is 12.0 Å². The summed E-state index contributed by atoms with van der Waals surface area (Å²) in [5, 5.41) is 5.14. The number of carbonyl (C=O) groups excluding carboxylic acids is 2. The molecule has 0 aliphatic carbocycles. The first-order valence-corrected chi connectivity index (χ1v) is 10.1. The van der Waals surface area contributed by atoms with Gasteiger partial charge in [-0.05, 0) is 30.2 Å². The van der Waals surface area contributed by atoms with Crippen LogP contribution in [0.3, 0.4) is 0 Å². The maximum atomic E-state index is 12.5. The fourth-order valence-corrected chi connectivity index (χ4v) is 3.37. The van der Waals surface area contributed by atoms with Crippen molar-refractivity contribution < 1.29 is 14.3 Å². The Balaban J connectivity index is 1.50. The molecule has 0 radical (unpaired) electrons. The minimum absolute atomic E-state index is 0.0935. The highest BCUT2D eigenvalue weighted by Gasteiger charge is 2.29. The average molecular weight is 446 g/mol. The number of rotatable bonds is 5. The zero-order valence-electron chi connectivity index (χ0n) is 15.7. The van der Waals surface area contributed by atoms with Crippen LogP contribution in [0.15, 0.2) is 59.1 Å². The van der Waals surface area contributed by atoms with E-state index in [1.807, 2.05) is 66.4 Å². The van der Waals surface area contributed by atoms with Crippen molar-refractivity contribution in [1.82, 2.24) is 15.5 Å². The lowest BCUT2D eigenvalue weighted by atomic mass is 10.1. The van der Waals surface area contributed by atoms with Crippen LogP contribution < -0.4 is 10.6 Å². The van der Waals surface area contributed by atoms with E-state index in [0.717, 1.165) is 15.6 Å². The first kappa shape index (κ1) is 20.5. The van der Waals surface area contributed by atoms with E-state index in [1.54, 1.807) is 0 Å². The Hall–Kier alpha value is -2.22. The van der Waals surface area contributed by atoms with E-state index < -0.39 is 12.1 Å². The molecule has 2 atom stereocenters. The summed E-state index contributed by atoms with van der Waals surface area (Å²) >= 11 is 3.43. The number of urea groups is 1. The van der Waals surface area contributed by atoms with Crippen molar-refractivity contribution in [2.75, 3.05) is 19.7 Å². The number of amides is 3. The molecule has 3 amide bonds. The molecule has 148 valence electrons. The van der Waals surface area contributed by atoms with Gasteiger partial charge in [-0.2, -0.15) is 0 Å². The van der Waals surface area contributed by atoms with Gasteiger partial charge in [0, 0.05) is 24.1 Å². The Bertz CT molecular complexity index is 798. The minimum Gasteiger partial charge on any atom is -0.371 e. The van der Waals surface area contributed by atoms with Crippen molar-refractivity contribution in [2.45, 2.75) is 25.6 Å². The highest BCUT2D eigenvalue weighted by molar-refractivity contribution is 9.10. The summed E-state index contributed by atoms with van der Waals surface area (Å²) in [6, 6.07) is 16.6. The number of ether oxygens (including phenoxy) is 1. The van der Waals surface area contributed by atoms with Crippen molar-refractivity contribution in [3.05, 3.63) is 70.2 Å². The molecule has 28 heavy (non-hydrogen) atoms. The standard InChI is InChI=1S/C21H24BrN3O3/c1-15(20(26)24-21(27)23-13-16-5-3-2-4-6-16)25-11-12-28-19(14-25)17-7-9-18(22)10-8-17/h2-10,15,19H,11-14H2,1H3,(H2,23,24,26,27). The van der Waals surface area contributed by atoms with Gasteiger partial charge in [0.2, 0.25) is 5.91 Å². The second-order valence-electron chi connectivity index (χ2n) is 6.74. The molecule has 2 aromatic carbocycles. The van der Waals surface area contributed by atoms with E-state index in [1.165, 1.54) is 0 Å². The molecule has 7 heteroatoms. The van der Waals surface area contributed by atoms with Crippen molar-refractivity contribution in [1.29, 1.82) is 0 Å². The molecule has 0 bridgehead atoms. The van der Waals surface area contributed by atoms with Gasteiger partial charge in [-0.3, -0.25) is 15.0 Å². The van der Waals surface area contributed by atoms with Crippen LogP contribution in [0.1, 0.15) is 24.2 Å². The second-order valence-corrected chi connectivity index (χ2v) is 7.66. The topological polar surface area (TPSA) is 70.7 Å². The van der Waals surface area contributed by atoms with Crippen LogP contribution in [0, 0.1) is 0 Å². The molecule has 0 saturated carbocycles. The van der Waals surface area contributed by atoms with Crippen molar-refractivity contribution >= 4 is 27.9 Å². The molecule has 1 fully saturated rings. The summed E-state index contributed by atoms with van der Waals surface area (Å²) in [5.74, 6) is -0.318. The summed E-state index contributed by atoms with van der Waals surface area (Å²) in [6.07, 6.45) is -0.0935. The quantitative estimate of drug-likeness (QED) is 0.740. The van der Waals surface area contributed by atoms with Gasteiger partial charge >= 0.3 is 6.03 Å². The van der Waals surface area contributed by atoms with Crippen LogP contribution in [-0.2, 0) is 16.1 Å². The summed E-state index contributed by atoms with van der Waals surface area (Å²) in [4.78, 5) is 26.6. The molecule has 2 unspecified atom stereocenters. The van der Waals surface area contributed by atoms with Gasteiger partial charge in [-0.15, -0.1) is 0 Å². The molecule has 2 N–H and O–H groups in total. The Morgan fingerprint density at radius 1 is 1.18 bits per heavy atom. The van der Waals surface area contributed by atoms with E-state index in [4.69, 9.17) is 4.74 Å². The number of nitrogens with zero attached hydrogens (tertiary/aromatic N) is 1. The maximum Gasteiger partial charge on any atom is 0.321 e. The number of imide groups is 1. The molecule has 6 nitrogen and oxygen atoms in total. The highest BCUT2D eigenvalue weighted by Crippen LogP contribution is 2.24. The zero-order valence-corrected chi connectivity index (χ0v) is 17.3. The second kappa shape index (κ2) is 9.82. The SMILES string of the molecule is CC(C(=O)NC(=O)NCc1ccccc1)N1CCOC(c2ccc(Br)cc2)C1. The molecule has 2 aromatic rings. The van der Waals surface area contributed by atoms with E-state index >= 15 is 0 Å². The van der Waals surface area contributed by atoms with Crippen LogP contribution in [-0.4, -0.2) is 42.6 Å². The summed E-state index contributed by atoms with van der Waals surface area (Å²) in [5.41, 5.74) is 2.05. The fraction of sp³-hybridized carbons (Fsp3) is 0.333. The number of hydrogen-bond donors (Lipinski definition) is 2. The molecule has 0 spiro atoms. The van der Waals surface area contributed by atoms with Gasteiger partial charge in [-0.1, -0.05) is 58.4 Å². The summed E-state index contributed by atoms with van der Waals surface area (Å²) in [7, 11) is 0. The van der Waals surface area contributed by atoms with Gasteiger partial charge in [0.15, 0.2) is 0 Å². The van der Waals surface area contributed by atoms with E-state index in [9.17, 15) is 9.59 Å².